The first kappa shape index (κ1) is 14.4. The van der Waals surface area contributed by atoms with Crippen LogP contribution in [0.25, 0.3) is 0 Å². The number of ether oxygens (including phenoxy) is 2. The number of nitrogens with zero attached hydrogens (tertiary/aromatic N) is 2. The highest BCUT2D eigenvalue weighted by Gasteiger charge is 2.13. The Kier molecular flexibility index (Phi) is 3.75. The van der Waals surface area contributed by atoms with Crippen LogP contribution in [0.1, 0.15) is 26.3 Å². The quantitative estimate of drug-likeness (QED) is 0.904. The summed E-state index contributed by atoms with van der Waals surface area (Å²) >= 11 is 0. The SMILES string of the molecule is CC(C)(C)Nc1ccnc(NCc2ccc3c(c2)OCO3)n1. The molecule has 0 amide bonds. The minimum Gasteiger partial charge on any atom is -0.454 e. The summed E-state index contributed by atoms with van der Waals surface area (Å²) in [6, 6.07) is 7.74. The first-order chi connectivity index (χ1) is 10.5. The molecule has 0 atom stereocenters. The molecule has 2 heterocycles. The number of rotatable bonds is 4. The van der Waals surface area contributed by atoms with E-state index < -0.39 is 0 Å². The van der Waals surface area contributed by atoms with Crippen LogP contribution in [0.15, 0.2) is 30.5 Å². The van der Waals surface area contributed by atoms with E-state index in [2.05, 4.69) is 41.4 Å². The maximum atomic E-state index is 5.37. The molecule has 0 bridgehead atoms. The molecule has 2 aromatic rings. The topological polar surface area (TPSA) is 68.3 Å². The highest BCUT2D eigenvalue weighted by atomic mass is 16.7. The van der Waals surface area contributed by atoms with Crippen molar-refractivity contribution in [3.05, 3.63) is 36.0 Å². The molecule has 1 aromatic carbocycles. The fourth-order valence-corrected chi connectivity index (χ4v) is 2.13. The molecule has 0 saturated heterocycles. The van der Waals surface area contributed by atoms with Gasteiger partial charge >= 0.3 is 0 Å². The lowest BCUT2D eigenvalue weighted by Crippen LogP contribution is -2.26. The molecule has 3 rings (SSSR count). The number of hydrogen-bond donors (Lipinski definition) is 2. The number of benzene rings is 1. The highest BCUT2D eigenvalue weighted by molar-refractivity contribution is 5.46. The minimum atomic E-state index is -0.0387. The molecule has 0 radical (unpaired) electrons. The molecular formula is C16H20N4O2. The lowest BCUT2D eigenvalue weighted by molar-refractivity contribution is 0.174. The Labute approximate surface area is 129 Å². The molecule has 0 aliphatic carbocycles. The predicted molar refractivity (Wildman–Crippen MR) is 85.3 cm³/mol. The second-order valence-electron chi connectivity index (χ2n) is 6.18. The molecule has 2 N–H and O–H groups in total. The average Bonchev–Trinajstić information content (AvgIpc) is 2.91. The number of aromatic nitrogens is 2. The third kappa shape index (κ3) is 3.58. The lowest BCUT2D eigenvalue weighted by atomic mass is 10.1. The van der Waals surface area contributed by atoms with Crippen molar-refractivity contribution in [1.29, 1.82) is 0 Å². The summed E-state index contributed by atoms with van der Waals surface area (Å²) in [5.41, 5.74) is 1.05. The van der Waals surface area contributed by atoms with E-state index >= 15 is 0 Å². The molecule has 0 spiro atoms. The maximum Gasteiger partial charge on any atom is 0.231 e. The van der Waals surface area contributed by atoms with Crippen molar-refractivity contribution >= 4 is 11.8 Å². The Morgan fingerprint density at radius 2 is 1.95 bits per heavy atom. The summed E-state index contributed by atoms with van der Waals surface area (Å²) < 4.78 is 10.7. The predicted octanol–water partition coefficient (Wildman–Crippen LogP) is 3.03. The van der Waals surface area contributed by atoms with Crippen LogP contribution in [0.2, 0.25) is 0 Å². The van der Waals surface area contributed by atoms with E-state index in [1.54, 1.807) is 6.20 Å². The second kappa shape index (κ2) is 5.71. The standard InChI is InChI=1S/C16H20N4O2/c1-16(2,3)20-14-6-7-17-15(19-14)18-9-11-4-5-12-13(8-11)22-10-21-12/h4-8H,9-10H2,1-3H3,(H2,17,18,19,20). The van der Waals surface area contributed by atoms with E-state index in [0.29, 0.717) is 12.5 Å². The zero-order valence-electron chi connectivity index (χ0n) is 13.0. The van der Waals surface area contributed by atoms with Gasteiger partial charge in [0, 0.05) is 18.3 Å². The summed E-state index contributed by atoms with van der Waals surface area (Å²) in [5, 5.41) is 6.55. The van der Waals surface area contributed by atoms with Crippen LogP contribution >= 0.6 is 0 Å². The van der Waals surface area contributed by atoms with E-state index in [4.69, 9.17) is 9.47 Å². The van der Waals surface area contributed by atoms with E-state index in [1.807, 2.05) is 24.3 Å². The summed E-state index contributed by atoms with van der Waals surface area (Å²) in [7, 11) is 0. The normalized spacial score (nSPS) is 13.0. The number of anilines is 2. The van der Waals surface area contributed by atoms with Gasteiger partial charge in [0.15, 0.2) is 11.5 Å². The van der Waals surface area contributed by atoms with Crippen molar-refractivity contribution in [3.8, 4) is 11.5 Å². The Morgan fingerprint density at radius 3 is 2.77 bits per heavy atom. The molecule has 6 heteroatoms. The Hall–Kier alpha value is -2.50. The third-order valence-electron chi connectivity index (χ3n) is 3.05. The molecule has 6 nitrogen and oxygen atoms in total. The van der Waals surface area contributed by atoms with Crippen molar-refractivity contribution in [2.24, 2.45) is 0 Å². The molecule has 116 valence electrons. The Bertz CT molecular complexity index is 667. The van der Waals surface area contributed by atoms with Crippen LogP contribution in [0.4, 0.5) is 11.8 Å². The number of hydrogen-bond acceptors (Lipinski definition) is 6. The molecule has 0 unspecified atom stereocenters. The zero-order chi connectivity index (χ0) is 15.6. The summed E-state index contributed by atoms with van der Waals surface area (Å²) in [6.45, 7) is 7.18. The van der Waals surface area contributed by atoms with E-state index in [0.717, 1.165) is 22.9 Å². The van der Waals surface area contributed by atoms with Gasteiger partial charge in [-0.3, -0.25) is 0 Å². The van der Waals surface area contributed by atoms with Crippen LogP contribution < -0.4 is 20.1 Å². The summed E-state index contributed by atoms with van der Waals surface area (Å²) in [5.74, 6) is 2.96. The van der Waals surface area contributed by atoms with E-state index in [9.17, 15) is 0 Å². The van der Waals surface area contributed by atoms with Crippen molar-refractivity contribution in [2.75, 3.05) is 17.4 Å². The van der Waals surface area contributed by atoms with E-state index in [1.165, 1.54) is 0 Å². The van der Waals surface area contributed by atoms with Gasteiger partial charge in [-0.2, -0.15) is 4.98 Å². The first-order valence-electron chi connectivity index (χ1n) is 7.23. The molecule has 1 aliphatic heterocycles. The molecule has 0 saturated carbocycles. The monoisotopic (exact) mass is 300 g/mol. The van der Waals surface area contributed by atoms with Crippen molar-refractivity contribution < 1.29 is 9.47 Å². The molecule has 0 fully saturated rings. The van der Waals surface area contributed by atoms with Crippen LogP contribution in [-0.2, 0) is 6.54 Å². The molecular weight excluding hydrogens is 280 g/mol. The smallest absolute Gasteiger partial charge is 0.231 e. The summed E-state index contributed by atoms with van der Waals surface area (Å²) in [6.07, 6.45) is 1.74. The van der Waals surface area contributed by atoms with Crippen LogP contribution in [0.5, 0.6) is 11.5 Å². The fraction of sp³-hybridized carbons (Fsp3) is 0.375. The van der Waals surface area contributed by atoms with Gasteiger partial charge < -0.3 is 20.1 Å². The van der Waals surface area contributed by atoms with Gasteiger partial charge in [0.1, 0.15) is 5.82 Å². The van der Waals surface area contributed by atoms with Gasteiger partial charge in [-0.05, 0) is 44.5 Å². The lowest BCUT2D eigenvalue weighted by Gasteiger charge is -2.21. The maximum absolute atomic E-state index is 5.37. The van der Waals surface area contributed by atoms with Gasteiger partial charge in [-0.1, -0.05) is 6.07 Å². The van der Waals surface area contributed by atoms with Gasteiger partial charge in [0.2, 0.25) is 12.7 Å². The van der Waals surface area contributed by atoms with Crippen molar-refractivity contribution in [3.63, 3.8) is 0 Å². The highest BCUT2D eigenvalue weighted by Crippen LogP contribution is 2.32. The third-order valence-corrected chi connectivity index (χ3v) is 3.05. The van der Waals surface area contributed by atoms with Gasteiger partial charge in [-0.25, -0.2) is 4.98 Å². The fourth-order valence-electron chi connectivity index (χ4n) is 2.13. The Morgan fingerprint density at radius 1 is 1.14 bits per heavy atom. The van der Waals surface area contributed by atoms with Gasteiger partial charge in [0.25, 0.3) is 0 Å². The zero-order valence-corrected chi connectivity index (χ0v) is 13.0. The Balaban J connectivity index is 1.65. The number of fused-ring (bicyclic) bond motifs is 1. The average molecular weight is 300 g/mol. The largest absolute Gasteiger partial charge is 0.454 e. The van der Waals surface area contributed by atoms with Crippen LogP contribution in [-0.4, -0.2) is 22.3 Å². The van der Waals surface area contributed by atoms with Gasteiger partial charge in [0.05, 0.1) is 0 Å². The van der Waals surface area contributed by atoms with Crippen LogP contribution in [0, 0.1) is 0 Å². The first-order valence-corrected chi connectivity index (χ1v) is 7.23. The second-order valence-corrected chi connectivity index (χ2v) is 6.18. The van der Waals surface area contributed by atoms with Crippen molar-refractivity contribution in [2.45, 2.75) is 32.9 Å². The molecule has 1 aromatic heterocycles. The summed E-state index contributed by atoms with van der Waals surface area (Å²) in [4.78, 5) is 8.70. The van der Waals surface area contributed by atoms with E-state index in [-0.39, 0.29) is 12.3 Å². The molecule has 22 heavy (non-hydrogen) atoms. The van der Waals surface area contributed by atoms with Crippen LogP contribution in [0.3, 0.4) is 0 Å². The minimum absolute atomic E-state index is 0.0387. The number of nitrogens with one attached hydrogen (secondary N) is 2. The van der Waals surface area contributed by atoms with Crippen molar-refractivity contribution in [1.82, 2.24) is 9.97 Å². The molecule has 1 aliphatic rings. The van der Waals surface area contributed by atoms with Gasteiger partial charge in [-0.15, -0.1) is 0 Å².